The molecule has 2 rings (SSSR count). The smallest absolute Gasteiger partial charge is 0.249 e. The molecule has 1 aliphatic rings. The lowest BCUT2D eigenvalue weighted by molar-refractivity contribution is -0.132. The standard InChI is InChI=1S/C14H20N2O2/c1-10(11-5-3-2-4-6-11)16-14(17)13-8-7-12(9-15)18-13/h2-6,10,12-13H,7-9,15H2,1H3,(H,16,17)/t10-,12?,13?/m1/s1. The normalized spacial score (nSPS) is 24.8. The van der Waals surface area contributed by atoms with E-state index in [2.05, 4.69) is 5.32 Å². The summed E-state index contributed by atoms with van der Waals surface area (Å²) in [4.78, 5) is 12.0. The molecule has 98 valence electrons. The van der Waals surface area contributed by atoms with Crippen molar-refractivity contribution in [3.63, 3.8) is 0 Å². The number of ether oxygens (including phenoxy) is 1. The fourth-order valence-electron chi connectivity index (χ4n) is 2.20. The molecule has 1 fully saturated rings. The Morgan fingerprint density at radius 2 is 2.17 bits per heavy atom. The van der Waals surface area contributed by atoms with Gasteiger partial charge in [-0.25, -0.2) is 0 Å². The Bertz CT molecular complexity index is 394. The fraction of sp³-hybridized carbons (Fsp3) is 0.500. The number of rotatable bonds is 4. The van der Waals surface area contributed by atoms with Crippen LogP contribution in [0.5, 0.6) is 0 Å². The highest BCUT2D eigenvalue weighted by atomic mass is 16.5. The van der Waals surface area contributed by atoms with Crippen LogP contribution in [0.2, 0.25) is 0 Å². The van der Waals surface area contributed by atoms with E-state index in [-0.39, 0.29) is 24.2 Å². The van der Waals surface area contributed by atoms with E-state index in [0.29, 0.717) is 6.54 Å². The molecule has 3 atom stereocenters. The number of hydrogen-bond acceptors (Lipinski definition) is 3. The zero-order chi connectivity index (χ0) is 13.0. The molecule has 1 saturated heterocycles. The minimum Gasteiger partial charge on any atom is -0.364 e. The second kappa shape index (κ2) is 5.98. The average Bonchev–Trinajstić information content (AvgIpc) is 2.88. The van der Waals surface area contributed by atoms with Crippen LogP contribution in [0.3, 0.4) is 0 Å². The summed E-state index contributed by atoms with van der Waals surface area (Å²) in [5.41, 5.74) is 6.63. The third-order valence-electron chi connectivity index (χ3n) is 3.32. The van der Waals surface area contributed by atoms with Crippen molar-refractivity contribution in [3.8, 4) is 0 Å². The molecule has 1 heterocycles. The van der Waals surface area contributed by atoms with Crippen molar-refractivity contribution in [2.75, 3.05) is 6.54 Å². The molecular formula is C14H20N2O2. The highest BCUT2D eigenvalue weighted by Crippen LogP contribution is 2.20. The predicted molar refractivity (Wildman–Crippen MR) is 69.9 cm³/mol. The highest BCUT2D eigenvalue weighted by molar-refractivity contribution is 5.81. The Kier molecular flexibility index (Phi) is 4.33. The van der Waals surface area contributed by atoms with Crippen LogP contribution < -0.4 is 11.1 Å². The topological polar surface area (TPSA) is 64.4 Å². The van der Waals surface area contributed by atoms with Crippen LogP contribution in [-0.2, 0) is 9.53 Å². The molecule has 18 heavy (non-hydrogen) atoms. The summed E-state index contributed by atoms with van der Waals surface area (Å²) >= 11 is 0. The minimum absolute atomic E-state index is 0.000716. The molecule has 4 nitrogen and oxygen atoms in total. The van der Waals surface area contributed by atoms with Gasteiger partial charge in [-0.1, -0.05) is 30.3 Å². The van der Waals surface area contributed by atoms with Gasteiger partial charge in [0.05, 0.1) is 12.1 Å². The van der Waals surface area contributed by atoms with Crippen molar-refractivity contribution in [1.29, 1.82) is 0 Å². The van der Waals surface area contributed by atoms with E-state index in [4.69, 9.17) is 10.5 Å². The van der Waals surface area contributed by atoms with Gasteiger partial charge in [0.15, 0.2) is 0 Å². The lowest BCUT2D eigenvalue weighted by Crippen LogP contribution is -2.36. The second-order valence-corrected chi connectivity index (χ2v) is 4.70. The summed E-state index contributed by atoms with van der Waals surface area (Å²) in [6.07, 6.45) is 1.32. The maximum atomic E-state index is 12.0. The van der Waals surface area contributed by atoms with Crippen molar-refractivity contribution >= 4 is 5.91 Å². The second-order valence-electron chi connectivity index (χ2n) is 4.70. The van der Waals surface area contributed by atoms with Crippen LogP contribution in [0.15, 0.2) is 30.3 Å². The van der Waals surface area contributed by atoms with E-state index in [1.54, 1.807) is 0 Å². The Hall–Kier alpha value is -1.39. The zero-order valence-electron chi connectivity index (χ0n) is 10.6. The first-order valence-corrected chi connectivity index (χ1v) is 6.41. The van der Waals surface area contributed by atoms with Gasteiger partial charge in [0.25, 0.3) is 0 Å². The molecule has 0 aliphatic carbocycles. The Labute approximate surface area is 108 Å². The lowest BCUT2D eigenvalue weighted by atomic mass is 10.1. The molecular weight excluding hydrogens is 228 g/mol. The molecule has 4 heteroatoms. The summed E-state index contributed by atoms with van der Waals surface area (Å²) in [7, 11) is 0. The Morgan fingerprint density at radius 3 is 2.78 bits per heavy atom. The molecule has 1 aliphatic heterocycles. The summed E-state index contributed by atoms with van der Waals surface area (Å²) in [6.45, 7) is 2.46. The van der Waals surface area contributed by atoms with Crippen molar-refractivity contribution < 1.29 is 9.53 Å². The van der Waals surface area contributed by atoms with E-state index < -0.39 is 0 Å². The van der Waals surface area contributed by atoms with E-state index in [1.807, 2.05) is 37.3 Å². The molecule has 1 amide bonds. The molecule has 3 N–H and O–H groups in total. The van der Waals surface area contributed by atoms with Crippen molar-refractivity contribution in [1.82, 2.24) is 5.32 Å². The first kappa shape index (κ1) is 13.1. The van der Waals surface area contributed by atoms with E-state index >= 15 is 0 Å². The van der Waals surface area contributed by atoms with Crippen molar-refractivity contribution in [2.24, 2.45) is 5.73 Å². The zero-order valence-corrected chi connectivity index (χ0v) is 10.6. The summed E-state index contributed by atoms with van der Waals surface area (Å²) in [5, 5.41) is 2.98. The van der Waals surface area contributed by atoms with Crippen LogP contribution in [0.4, 0.5) is 0 Å². The largest absolute Gasteiger partial charge is 0.364 e. The van der Waals surface area contributed by atoms with Gasteiger partial charge in [-0.05, 0) is 25.3 Å². The van der Waals surface area contributed by atoms with Crippen LogP contribution >= 0.6 is 0 Å². The predicted octanol–water partition coefficient (Wildman–Crippen LogP) is 1.37. The van der Waals surface area contributed by atoms with Gasteiger partial charge >= 0.3 is 0 Å². The van der Waals surface area contributed by atoms with Crippen LogP contribution in [0.1, 0.15) is 31.4 Å². The van der Waals surface area contributed by atoms with Crippen LogP contribution in [0.25, 0.3) is 0 Å². The summed E-state index contributed by atoms with van der Waals surface area (Å²) in [6, 6.07) is 9.90. The molecule has 0 bridgehead atoms. The number of benzene rings is 1. The van der Waals surface area contributed by atoms with E-state index in [1.165, 1.54) is 0 Å². The molecule has 1 aromatic rings. The number of nitrogens with two attached hydrogens (primary N) is 1. The molecule has 0 saturated carbocycles. The van der Waals surface area contributed by atoms with E-state index in [9.17, 15) is 4.79 Å². The Morgan fingerprint density at radius 1 is 1.44 bits per heavy atom. The fourth-order valence-corrected chi connectivity index (χ4v) is 2.20. The Balaban J connectivity index is 1.88. The highest BCUT2D eigenvalue weighted by Gasteiger charge is 2.30. The molecule has 2 unspecified atom stereocenters. The molecule has 0 radical (unpaired) electrons. The van der Waals surface area contributed by atoms with Gasteiger partial charge in [0.1, 0.15) is 6.10 Å². The van der Waals surface area contributed by atoms with Gasteiger partial charge in [0.2, 0.25) is 5.91 Å². The summed E-state index contributed by atoms with van der Waals surface area (Å²) < 4.78 is 5.57. The first-order valence-electron chi connectivity index (χ1n) is 6.41. The lowest BCUT2D eigenvalue weighted by Gasteiger charge is -2.18. The van der Waals surface area contributed by atoms with Gasteiger partial charge in [-0.3, -0.25) is 4.79 Å². The van der Waals surface area contributed by atoms with Gasteiger partial charge in [-0.2, -0.15) is 0 Å². The van der Waals surface area contributed by atoms with Gasteiger partial charge < -0.3 is 15.8 Å². The van der Waals surface area contributed by atoms with E-state index in [0.717, 1.165) is 18.4 Å². The quantitative estimate of drug-likeness (QED) is 0.846. The molecule has 0 aromatic heterocycles. The average molecular weight is 248 g/mol. The van der Waals surface area contributed by atoms with Crippen LogP contribution in [0, 0.1) is 0 Å². The van der Waals surface area contributed by atoms with Gasteiger partial charge in [0, 0.05) is 6.54 Å². The van der Waals surface area contributed by atoms with Crippen LogP contribution in [-0.4, -0.2) is 24.7 Å². The van der Waals surface area contributed by atoms with Crippen molar-refractivity contribution in [2.45, 2.75) is 38.0 Å². The minimum atomic E-state index is -0.343. The first-order chi connectivity index (χ1) is 8.70. The number of hydrogen-bond donors (Lipinski definition) is 2. The monoisotopic (exact) mass is 248 g/mol. The molecule has 1 aromatic carbocycles. The van der Waals surface area contributed by atoms with Crippen molar-refractivity contribution in [3.05, 3.63) is 35.9 Å². The number of amides is 1. The molecule has 0 spiro atoms. The number of carbonyl (C=O) groups is 1. The third-order valence-corrected chi connectivity index (χ3v) is 3.32. The third kappa shape index (κ3) is 3.09. The SMILES string of the molecule is C[C@@H](NC(=O)C1CCC(CN)O1)c1ccccc1. The maximum Gasteiger partial charge on any atom is 0.249 e. The number of nitrogens with one attached hydrogen (secondary N) is 1. The maximum absolute atomic E-state index is 12.0. The summed E-state index contributed by atoms with van der Waals surface area (Å²) in [5.74, 6) is -0.0395. The number of carbonyl (C=O) groups excluding carboxylic acids is 1. The van der Waals surface area contributed by atoms with Gasteiger partial charge in [-0.15, -0.1) is 0 Å².